The SMILES string of the molecule is [CH2]C(CCCCCC)CCC(C)CCCCCC. The van der Waals surface area contributed by atoms with Gasteiger partial charge < -0.3 is 0 Å². The van der Waals surface area contributed by atoms with Crippen LogP contribution in [-0.2, 0) is 0 Å². The van der Waals surface area contributed by atoms with Crippen molar-refractivity contribution in [3.8, 4) is 0 Å². The molecule has 0 aliphatic rings. The predicted octanol–water partition coefficient (Wildman–Crippen LogP) is 6.79. The molecule has 0 amide bonds. The minimum atomic E-state index is 0.708. The molecule has 0 saturated heterocycles. The second kappa shape index (κ2) is 13.4. The fraction of sp³-hybridized carbons (Fsp3) is 0.944. The summed E-state index contributed by atoms with van der Waals surface area (Å²) < 4.78 is 0. The predicted molar refractivity (Wildman–Crippen MR) is 84.8 cm³/mol. The van der Waals surface area contributed by atoms with Gasteiger partial charge in [0.05, 0.1) is 0 Å². The topological polar surface area (TPSA) is 0 Å². The fourth-order valence-electron chi connectivity index (χ4n) is 2.59. The molecule has 0 aromatic carbocycles. The molecule has 0 heterocycles. The Labute approximate surface area is 117 Å². The van der Waals surface area contributed by atoms with Crippen molar-refractivity contribution in [3.63, 3.8) is 0 Å². The monoisotopic (exact) mass is 253 g/mol. The minimum Gasteiger partial charge on any atom is -0.0654 e. The van der Waals surface area contributed by atoms with E-state index >= 15 is 0 Å². The average Bonchev–Trinajstić information content (AvgIpc) is 2.37. The molecule has 0 nitrogen and oxygen atoms in total. The summed E-state index contributed by atoms with van der Waals surface area (Å²) in [5.74, 6) is 1.63. The normalized spacial score (nSPS) is 14.7. The third-order valence-corrected chi connectivity index (χ3v) is 4.08. The van der Waals surface area contributed by atoms with E-state index in [-0.39, 0.29) is 0 Å². The van der Waals surface area contributed by atoms with Crippen LogP contribution in [0.1, 0.15) is 97.8 Å². The Bertz CT molecular complexity index is 132. The maximum atomic E-state index is 4.32. The molecule has 18 heavy (non-hydrogen) atoms. The molecule has 2 unspecified atom stereocenters. The van der Waals surface area contributed by atoms with Crippen molar-refractivity contribution >= 4 is 0 Å². The summed E-state index contributed by atoms with van der Waals surface area (Å²) in [6, 6.07) is 0. The van der Waals surface area contributed by atoms with Crippen LogP contribution in [-0.4, -0.2) is 0 Å². The minimum absolute atomic E-state index is 0.708. The summed E-state index contributed by atoms with van der Waals surface area (Å²) in [5, 5.41) is 0. The van der Waals surface area contributed by atoms with Crippen molar-refractivity contribution in [3.05, 3.63) is 6.92 Å². The largest absolute Gasteiger partial charge is 0.0654 e. The third kappa shape index (κ3) is 12.5. The molecule has 109 valence electrons. The fourth-order valence-corrected chi connectivity index (χ4v) is 2.59. The zero-order chi connectivity index (χ0) is 13.6. The van der Waals surface area contributed by atoms with Crippen molar-refractivity contribution in [2.45, 2.75) is 97.8 Å². The smallest absolute Gasteiger partial charge is 0.0414 e. The number of hydrogen-bond donors (Lipinski definition) is 0. The molecular weight excluding hydrogens is 216 g/mol. The van der Waals surface area contributed by atoms with E-state index in [0.717, 1.165) is 5.92 Å². The van der Waals surface area contributed by atoms with E-state index in [1.165, 1.54) is 77.0 Å². The van der Waals surface area contributed by atoms with E-state index < -0.39 is 0 Å². The van der Waals surface area contributed by atoms with Crippen LogP contribution in [0.2, 0.25) is 0 Å². The lowest BCUT2D eigenvalue weighted by atomic mass is 9.91. The molecule has 0 aromatic rings. The van der Waals surface area contributed by atoms with Gasteiger partial charge in [-0.15, -0.1) is 0 Å². The highest BCUT2D eigenvalue weighted by atomic mass is 14.1. The first-order chi connectivity index (χ1) is 8.70. The molecule has 1 radical (unpaired) electrons. The first-order valence-electron chi connectivity index (χ1n) is 8.53. The van der Waals surface area contributed by atoms with Crippen LogP contribution >= 0.6 is 0 Å². The molecule has 0 bridgehead atoms. The van der Waals surface area contributed by atoms with E-state index in [0.29, 0.717) is 5.92 Å². The summed E-state index contributed by atoms with van der Waals surface area (Å²) >= 11 is 0. The Morgan fingerprint density at radius 2 is 1.22 bits per heavy atom. The van der Waals surface area contributed by atoms with E-state index in [1.54, 1.807) is 0 Å². The van der Waals surface area contributed by atoms with Crippen LogP contribution in [0.25, 0.3) is 0 Å². The molecule has 0 saturated carbocycles. The molecule has 0 fully saturated rings. The van der Waals surface area contributed by atoms with Crippen LogP contribution in [0.3, 0.4) is 0 Å². The Kier molecular flexibility index (Phi) is 13.4. The van der Waals surface area contributed by atoms with Gasteiger partial charge in [0, 0.05) is 0 Å². The van der Waals surface area contributed by atoms with Crippen LogP contribution in [0, 0.1) is 18.8 Å². The second-order valence-electron chi connectivity index (χ2n) is 6.25. The summed E-state index contributed by atoms with van der Waals surface area (Å²) in [4.78, 5) is 0. The molecule has 0 heteroatoms. The maximum absolute atomic E-state index is 4.32. The lowest BCUT2D eigenvalue weighted by Gasteiger charge is -2.15. The van der Waals surface area contributed by atoms with Gasteiger partial charge in [-0.05, 0) is 11.8 Å². The van der Waals surface area contributed by atoms with Crippen LogP contribution in [0.4, 0.5) is 0 Å². The van der Waals surface area contributed by atoms with Crippen molar-refractivity contribution < 1.29 is 0 Å². The molecule has 0 N–H and O–H groups in total. The second-order valence-corrected chi connectivity index (χ2v) is 6.25. The van der Waals surface area contributed by atoms with Gasteiger partial charge in [-0.1, -0.05) is 105 Å². The Hall–Kier alpha value is 0. The Morgan fingerprint density at radius 3 is 1.78 bits per heavy atom. The number of unbranched alkanes of at least 4 members (excludes halogenated alkanes) is 6. The summed E-state index contributed by atoms with van der Waals surface area (Å²) in [5.41, 5.74) is 0. The van der Waals surface area contributed by atoms with Gasteiger partial charge in [0.15, 0.2) is 0 Å². The summed E-state index contributed by atoms with van der Waals surface area (Å²) in [6.07, 6.45) is 16.7. The van der Waals surface area contributed by atoms with E-state index in [9.17, 15) is 0 Å². The third-order valence-electron chi connectivity index (χ3n) is 4.08. The molecule has 2 atom stereocenters. The van der Waals surface area contributed by atoms with Crippen LogP contribution in [0.5, 0.6) is 0 Å². The van der Waals surface area contributed by atoms with Crippen molar-refractivity contribution in [1.29, 1.82) is 0 Å². The molecule has 0 aliphatic carbocycles. The molecule has 0 aromatic heterocycles. The van der Waals surface area contributed by atoms with Crippen molar-refractivity contribution in [2.24, 2.45) is 11.8 Å². The van der Waals surface area contributed by atoms with Gasteiger partial charge >= 0.3 is 0 Å². The molecule has 0 rings (SSSR count). The van der Waals surface area contributed by atoms with E-state index in [4.69, 9.17) is 0 Å². The lowest BCUT2D eigenvalue weighted by Crippen LogP contribution is -2.01. The molecular formula is C18H37. The zero-order valence-electron chi connectivity index (χ0n) is 13.3. The Balaban J connectivity index is 3.32. The van der Waals surface area contributed by atoms with Crippen molar-refractivity contribution in [2.75, 3.05) is 0 Å². The quantitative estimate of drug-likeness (QED) is 0.317. The summed E-state index contributed by atoms with van der Waals surface area (Å²) in [7, 11) is 0. The van der Waals surface area contributed by atoms with Gasteiger partial charge in [0.25, 0.3) is 0 Å². The number of rotatable bonds is 13. The highest BCUT2D eigenvalue weighted by molar-refractivity contribution is 4.64. The first-order valence-corrected chi connectivity index (χ1v) is 8.53. The average molecular weight is 253 g/mol. The van der Waals surface area contributed by atoms with Gasteiger partial charge in [-0.25, -0.2) is 0 Å². The maximum Gasteiger partial charge on any atom is -0.0414 e. The highest BCUT2D eigenvalue weighted by Crippen LogP contribution is 2.21. The van der Waals surface area contributed by atoms with Gasteiger partial charge in [-0.3, -0.25) is 0 Å². The van der Waals surface area contributed by atoms with E-state index in [2.05, 4.69) is 27.7 Å². The van der Waals surface area contributed by atoms with Crippen LogP contribution < -0.4 is 0 Å². The van der Waals surface area contributed by atoms with Crippen LogP contribution in [0.15, 0.2) is 0 Å². The van der Waals surface area contributed by atoms with Gasteiger partial charge in [0.2, 0.25) is 0 Å². The van der Waals surface area contributed by atoms with Gasteiger partial charge in [-0.2, -0.15) is 0 Å². The van der Waals surface area contributed by atoms with Crippen molar-refractivity contribution in [1.82, 2.24) is 0 Å². The standard InChI is InChI=1S/C18H37/c1-5-7-9-11-13-17(3)15-16-18(4)14-12-10-8-6-2/h17-18H,3,5-16H2,1-2,4H3. The number of hydrogen-bond acceptors (Lipinski definition) is 0. The summed E-state index contributed by atoms with van der Waals surface area (Å²) in [6.45, 7) is 11.3. The van der Waals surface area contributed by atoms with E-state index in [1.807, 2.05) is 0 Å². The Morgan fingerprint density at radius 1 is 0.667 bits per heavy atom. The first kappa shape index (κ1) is 18.0. The van der Waals surface area contributed by atoms with Gasteiger partial charge in [0.1, 0.15) is 0 Å². The zero-order valence-corrected chi connectivity index (χ0v) is 13.3. The highest BCUT2D eigenvalue weighted by Gasteiger charge is 2.06. The molecule has 0 spiro atoms. The molecule has 0 aliphatic heterocycles. The lowest BCUT2D eigenvalue weighted by molar-refractivity contribution is 0.397.